The fourth-order valence-electron chi connectivity index (χ4n) is 3.09. The van der Waals surface area contributed by atoms with E-state index >= 15 is 0 Å². The molecule has 34 heavy (non-hydrogen) atoms. The lowest BCUT2D eigenvalue weighted by Crippen LogP contribution is -2.14. The number of halogens is 3. The predicted molar refractivity (Wildman–Crippen MR) is 134 cm³/mol. The van der Waals surface area contributed by atoms with Gasteiger partial charge in [0.1, 0.15) is 24.1 Å². The van der Waals surface area contributed by atoms with Crippen molar-refractivity contribution in [3.63, 3.8) is 0 Å². The number of hydrogen-bond acceptors (Lipinski definition) is 4. The van der Waals surface area contributed by atoms with E-state index in [1.807, 2.05) is 13.0 Å². The van der Waals surface area contributed by atoms with E-state index < -0.39 is 5.91 Å². The van der Waals surface area contributed by atoms with Crippen LogP contribution in [0.5, 0.6) is 11.5 Å². The molecule has 8 heteroatoms. The second-order valence-corrected chi connectivity index (χ2v) is 8.44. The molecule has 3 rings (SSSR count). The van der Waals surface area contributed by atoms with E-state index in [-0.39, 0.29) is 18.0 Å². The van der Waals surface area contributed by atoms with Gasteiger partial charge in [0.05, 0.1) is 11.1 Å². The third-order valence-corrected chi connectivity index (χ3v) is 5.85. The monoisotopic (exact) mass is 542 g/mol. The van der Waals surface area contributed by atoms with Crippen LogP contribution in [-0.2, 0) is 11.4 Å². The van der Waals surface area contributed by atoms with Gasteiger partial charge >= 0.3 is 0 Å². The molecule has 3 aromatic rings. The molecule has 0 unspecified atom stereocenters. The van der Waals surface area contributed by atoms with Crippen LogP contribution in [0.4, 0.5) is 10.1 Å². The van der Waals surface area contributed by atoms with Crippen molar-refractivity contribution >= 4 is 45.2 Å². The average Bonchev–Trinajstić information content (AvgIpc) is 2.81. The van der Waals surface area contributed by atoms with Crippen molar-refractivity contribution in [3.8, 4) is 17.6 Å². The van der Waals surface area contributed by atoms with Crippen molar-refractivity contribution in [1.82, 2.24) is 0 Å². The van der Waals surface area contributed by atoms with Gasteiger partial charge in [-0.2, -0.15) is 5.26 Å². The van der Waals surface area contributed by atoms with Gasteiger partial charge < -0.3 is 14.8 Å². The molecule has 0 aromatic heterocycles. The molecule has 1 N–H and O–H groups in total. The number of rotatable bonds is 8. The van der Waals surface area contributed by atoms with Crippen LogP contribution in [0.3, 0.4) is 0 Å². The van der Waals surface area contributed by atoms with Gasteiger partial charge in [-0.05, 0) is 77.3 Å². The molecule has 3 aromatic carbocycles. The van der Waals surface area contributed by atoms with Gasteiger partial charge in [0.15, 0.2) is 11.5 Å². The minimum atomic E-state index is -0.568. The van der Waals surface area contributed by atoms with Crippen LogP contribution < -0.4 is 14.8 Å². The maximum absolute atomic E-state index is 14.0. The molecule has 0 bridgehead atoms. The number of carbonyl (C=O) groups is 1. The maximum atomic E-state index is 14.0. The third-order valence-electron chi connectivity index (χ3n) is 4.85. The van der Waals surface area contributed by atoms with E-state index in [4.69, 9.17) is 21.1 Å². The highest BCUT2D eigenvalue weighted by molar-refractivity contribution is 9.10. The van der Waals surface area contributed by atoms with Gasteiger partial charge in [0, 0.05) is 16.3 Å². The predicted octanol–water partition coefficient (Wildman–Crippen LogP) is 7.07. The Hall–Kier alpha value is -3.34. The number of carbonyl (C=O) groups excluding carboxylic acids is 1. The Morgan fingerprint density at radius 2 is 1.97 bits per heavy atom. The lowest BCUT2D eigenvalue weighted by Gasteiger charge is -2.15. The smallest absolute Gasteiger partial charge is 0.266 e. The summed E-state index contributed by atoms with van der Waals surface area (Å²) in [6.07, 6.45) is 1.45. The summed E-state index contributed by atoms with van der Waals surface area (Å²) < 4.78 is 26.0. The molecule has 0 aliphatic rings. The van der Waals surface area contributed by atoms with Gasteiger partial charge in [-0.3, -0.25) is 4.79 Å². The first kappa shape index (κ1) is 25.3. The van der Waals surface area contributed by atoms with Crippen LogP contribution in [0.2, 0.25) is 5.02 Å². The highest BCUT2D eigenvalue weighted by Gasteiger charge is 2.16. The molecule has 1 amide bonds. The minimum Gasteiger partial charge on any atom is -0.490 e. The number of benzene rings is 3. The van der Waals surface area contributed by atoms with Gasteiger partial charge in [-0.15, -0.1) is 0 Å². The van der Waals surface area contributed by atoms with Crippen LogP contribution in [0.25, 0.3) is 6.08 Å². The average molecular weight is 544 g/mol. The normalized spacial score (nSPS) is 11.0. The molecule has 0 radical (unpaired) electrons. The van der Waals surface area contributed by atoms with Crippen molar-refractivity contribution in [2.24, 2.45) is 0 Å². The van der Waals surface area contributed by atoms with Crippen molar-refractivity contribution in [2.45, 2.75) is 20.5 Å². The van der Waals surface area contributed by atoms with E-state index in [2.05, 4.69) is 21.2 Å². The van der Waals surface area contributed by atoms with Gasteiger partial charge in [-0.25, -0.2) is 4.39 Å². The molecule has 0 atom stereocenters. The van der Waals surface area contributed by atoms with Crippen LogP contribution in [0.15, 0.2) is 64.6 Å². The third kappa shape index (κ3) is 6.16. The number of anilines is 1. The van der Waals surface area contributed by atoms with Crippen molar-refractivity contribution in [3.05, 3.63) is 92.2 Å². The molecule has 5 nitrogen and oxygen atoms in total. The number of nitriles is 1. The Labute approximate surface area is 210 Å². The molecule has 174 valence electrons. The van der Waals surface area contributed by atoms with Crippen molar-refractivity contribution < 1.29 is 18.7 Å². The first-order chi connectivity index (χ1) is 16.3. The molecule has 0 saturated carbocycles. The SMILES string of the molecule is CCOc1cc(/C=C(\C#N)C(=O)Nc2cccc(Cl)c2C)cc(Br)c1OCc1ccccc1F. The Kier molecular flexibility index (Phi) is 8.69. The lowest BCUT2D eigenvalue weighted by molar-refractivity contribution is -0.112. The molecule has 0 fully saturated rings. The van der Waals surface area contributed by atoms with E-state index in [9.17, 15) is 14.4 Å². The number of ether oxygens (including phenoxy) is 2. The molecule has 0 aliphatic carbocycles. The quantitative estimate of drug-likeness (QED) is 0.244. The number of amides is 1. The van der Waals surface area contributed by atoms with Gasteiger partial charge in [0.2, 0.25) is 0 Å². The van der Waals surface area contributed by atoms with Gasteiger partial charge in [-0.1, -0.05) is 35.9 Å². The Morgan fingerprint density at radius 3 is 2.68 bits per heavy atom. The van der Waals surface area contributed by atoms with Crippen LogP contribution in [0.1, 0.15) is 23.6 Å². The summed E-state index contributed by atoms with van der Waals surface area (Å²) in [4.78, 5) is 12.7. The Morgan fingerprint density at radius 1 is 1.21 bits per heavy atom. The molecule has 0 spiro atoms. The summed E-state index contributed by atoms with van der Waals surface area (Å²) >= 11 is 9.56. The highest BCUT2D eigenvalue weighted by Crippen LogP contribution is 2.38. The summed E-state index contributed by atoms with van der Waals surface area (Å²) in [5.41, 5.74) is 2.07. The number of nitrogens with one attached hydrogen (secondary N) is 1. The van der Waals surface area contributed by atoms with E-state index in [0.717, 1.165) is 0 Å². The highest BCUT2D eigenvalue weighted by atomic mass is 79.9. The Bertz CT molecular complexity index is 1290. The van der Waals surface area contributed by atoms with Crippen molar-refractivity contribution in [1.29, 1.82) is 5.26 Å². The molecular weight excluding hydrogens is 523 g/mol. The van der Waals surface area contributed by atoms with E-state index in [0.29, 0.717) is 50.0 Å². The second-order valence-electron chi connectivity index (χ2n) is 7.18. The number of hydrogen-bond donors (Lipinski definition) is 1. The lowest BCUT2D eigenvalue weighted by atomic mass is 10.1. The maximum Gasteiger partial charge on any atom is 0.266 e. The summed E-state index contributed by atoms with van der Waals surface area (Å²) in [6.45, 7) is 3.96. The van der Waals surface area contributed by atoms with Gasteiger partial charge in [0.25, 0.3) is 5.91 Å². The summed E-state index contributed by atoms with van der Waals surface area (Å²) in [6, 6.07) is 16.8. The van der Waals surface area contributed by atoms with Crippen LogP contribution in [-0.4, -0.2) is 12.5 Å². The van der Waals surface area contributed by atoms with E-state index in [1.54, 1.807) is 55.5 Å². The van der Waals surface area contributed by atoms with E-state index in [1.165, 1.54) is 12.1 Å². The summed E-state index contributed by atoms with van der Waals surface area (Å²) in [5, 5.41) is 12.8. The molecule has 0 saturated heterocycles. The fourth-order valence-corrected chi connectivity index (χ4v) is 3.84. The zero-order valence-corrected chi connectivity index (χ0v) is 20.8. The molecular formula is C26H21BrClFN2O3. The summed E-state index contributed by atoms with van der Waals surface area (Å²) in [7, 11) is 0. The van der Waals surface area contributed by atoms with Crippen LogP contribution >= 0.6 is 27.5 Å². The van der Waals surface area contributed by atoms with Crippen LogP contribution in [0, 0.1) is 24.1 Å². The minimum absolute atomic E-state index is 0.00533. The van der Waals surface area contributed by atoms with Crippen molar-refractivity contribution in [2.75, 3.05) is 11.9 Å². The fraction of sp³-hybridized carbons (Fsp3) is 0.154. The largest absolute Gasteiger partial charge is 0.490 e. The topological polar surface area (TPSA) is 71.3 Å². The number of nitrogens with zero attached hydrogens (tertiary/aromatic N) is 1. The molecule has 0 heterocycles. The Balaban J connectivity index is 1.87. The standard InChI is InChI=1S/C26H21BrClFN2O3/c1-3-33-24-13-17(12-20(27)25(24)34-15-18-7-4-5-9-22(18)29)11-19(14-30)26(32)31-23-10-6-8-21(28)16(23)2/h4-13H,3,15H2,1-2H3,(H,31,32)/b19-11+. The first-order valence-electron chi connectivity index (χ1n) is 10.3. The second kappa shape index (κ2) is 11.7. The zero-order valence-electron chi connectivity index (χ0n) is 18.5. The zero-order chi connectivity index (χ0) is 24.7. The summed E-state index contributed by atoms with van der Waals surface area (Å²) in [5.74, 6) is -0.153. The molecule has 0 aliphatic heterocycles. The first-order valence-corrected chi connectivity index (χ1v) is 11.5.